The number of benzene rings is 1. The summed E-state index contributed by atoms with van der Waals surface area (Å²) in [6.45, 7) is 10.1. The lowest BCUT2D eigenvalue weighted by atomic mass is 10.0. The summed E-state index contributed by atoms with van der Waals surface area (Å²) in [6.07, 6.45) is 2.05. The number of carbonyl (C=O) groups is 2. The number of hydrogen-bond acceptors (Lipinski definition) is 4. The van der Waals surface area contributed by atoms with Gasteiger partial charge in [0.1, 0.15) is 0 Å². The van der Waals surface area contributed by atoms with Gasteiger partial charge in [-0.05, 0) is 44.7 Å². The van der Waals surface area contributed by atoms with E-state index in [4.69, 9.17) is 0 Å². The largest absolute Gasteiger partial charge is 0.349 e. The number of sulfonamides is 1. The molecule has 0 aromatic heterocycles. The zero-order valence-electron chi connectivity index (χ0n) is 17.9. The molecule has 1 heterocycles. The third kappa shape index (κ3) is 6.90. The Labute approximate surface area is 174 Å². The first kappa shape index (κ1) is 23.5. The van der Waals surface area contributed by atoms with Crippen LogP contribution in [0.15, 0.2) is 29.2 Å². The fourth-order valence-electron chi connectivity index (χ4n) is 3.44. The highest BCUT2D eigenvalue weighted by Gasteiger charge is 2.31. The summed E-state index contributed by atoms with van der Waals surface area (Å²) in [5.41, 5.74) is 0.492. The number of hydrogen-bond donors (Lipinski definition) is 2. The van der Waals surface area contributed by atoms with E-state index in [0.717, 1.165) is 17.7 Å². The number of carbonyl (C=O) groups excluding carboxylic acids is 2. The van der Waals surface area contributed by atoms with Crippen LogP contribution in [0.4, 0.5) is 0 Å². The van der Waals surface area contributed by atoms with Gasteiger partial charge in [0, 0.05) is 11.6 Å². The quantitative estimate of drug-likeness (QED) is 0.572. The Morgan fingerprint density at radius 2 is 1.66 bits per heavy atom. The molecule has 1 amide bonds. The normalized spacial score (nSPS) is 17.3. The highest BCUT2D eigenvalue weighted by Crippen LogP contribution is 2.16. The number of nitrogens with zero attached hydrogens (tertiary/aromatic N) is 1. The molecule has 1 aliphatic heterocycles. The first-order valence-corrected chi connectivity index (χ1v) is 11.8. The van der Waals surface area contributed by atoms with E-state index >= 15 is 0 Å². The third-order valence-electron chi connectivity index (χ3n) is 5.32. The molecular formula is C21H34N3O4S+. The van der Waals surface area contributed by atoms with E-state index in [1.54, 1.807) is 12.1 Å². The molecule has 7 nitrogen and oxygen atoms in total. The molecule has 29 heavy (non-hydrogen) atoms. The molecule has 1 atom stereocenters. The van der Waals surface area contributed by atoms with Gasteiger partial charge in [0.05, 0.1) is 31.1 Å². The van der Waals surface area contributed by atoms with Gasteiger partial charge < -0.3 is 10.2 Å². The van der Waals surface area contributed by atoms with Gasteiger partial charge >= 0.3 is 0 Å². The second-order valence-corrected chi connectivity index (χ2v) is 10.3. The Morgan fingerprint density at radius 3 is 2.17 bits per heavy atom. The molecule has 1 aliphatic rings. The molecule has 0 radical (unpaired) electrons. The highest BCUT2D eigenvalue weighted by molar-refractivity contribution is 7.89. The van der Waals surface area contributed by atoms with Crippen LogP contribution in [0.2, 0.25) is 0 Å². The molecule has 0 aliphatic carbocycles. The molecule has 0 spiro atoms. The van der Waals surface area contributed by atoms with Crippen LogP contribution in [0.5, 0.6) is 0 Å². The number of amides is 1. The van der Waals surface area contributed by atoms with Crippen LogP contribution < -0.4 is 10.2 Å². The maximum atomic E-state index is 12.8. The topological polar surface area (TPSA) is 88.0 Å². The smallest absolute Gasteiger partial charge is 0.275 e. The number of quaternary nitrogens is 1. The van der Waals surface area contributed by atoms with Crippen LogP contribution in [0.25, 0.3) is 0 Å². The standard InChI is InChI=1S/C21H33N3O4S/c1-16(2)5-6-17(3)22-21(26)15-23-11-13-24(14-12-23)29(27,28)20-9-7-19(8-10-20)18(4)25/h7-10,16-17H,5-6,11-15H2,1-4H3,(H,22,26)/p+1/t17-/m1/s1. The lowest BCUT2D eigenvalue weighted by Crippen LogP contribution is -3.15. The van der Waals surface area contributed by atoms with Crippen molar-refractivity contribution in [2.75, 3.05) is 32.7 Å². The van der Waals surface area contributed by atoms with Gasteiger partial charge in [0.2, 0.25) is 10.0 Å². The molecule has 1 fully saturated rings. The van der Waals surface area contributed by atoms with Crippen molar-refractivity contribution in [2.24, 2.45) is 5.92 Å². The fourth-order valence-corrected chi connectivity index (χ4v) is 4.88. The minimum atomic E-state index is -3.58. The number of ketones is 1. The molecule has 2 N–H and O–H groups in total. The van der Waals surface area contributed by atoms with Gasteiger partial charge in [-0.15, -0.1) is 0 Å². The summed E-state index contributed by atoms with van der Waals surface area (Å²) >= 11 is 0. The van der Waals surface area contributed by atoms with Crippen molar-refractivity contribution in [1.82, 2.24) is 9.62 Å². The number of piperazine rings is 1. The summed E-state index contributed by atoms with van der Waals surface area (Å²) < 4.78 is 27.1. The zero-order chi connectivity index (χ0) is 21.6. The van der Waals surface area contributed by atoms with Crippen molar-refractivity contribution in [3.8, 4) is 0 Å². The average Bonchev–Trinajstić information content (AvgIpc) is 2.66. The Balaban J connectivity index is 1.84. The van der Waals surface area contributed by atoms with E-state index in [2.05, 4.69) is 19.2 Å². The lowest BCUT2D eigenvalue weighted by Gasteiger charge is -2.31. The van der Waals surface area contributed by atoms with E-state index in [0.29, 0.717) is 44.2 Å². The van der Waals surface area contributed by atoms with E-state index in [-0.39, 0.29) is 22.6 Å². The maximum absolute atomic E-state index is 12.8. The highest BCUT2D eigenvalue weighted by atomic mass is 32.2. The van der Waals surface area contributed by atoms with E-state index in [1.807, 2.05) is 6.92 Å². The zero-order valence-corrected chi connectivity index (χ0v) is 18.7. The third-order valence-corrected chi connectivity index (χ3v) is 7.24. The van der Waals surface area contributed by atoms with Gasteiger partial charge in [0.15, 0.2) is 12.3 Å². The Hall–Kier alpha value is -1.77. The lowest BCUT2D eigenvalue weighted by molar-refractivity contribution is -0.895. The molecular weight excluding hydrogens is 390 g/mol. The van der Waals surface area contributed by atoms with Crippen molar-refractivity contribution >= 4 is 21.7 Å². The molecule has 0 bridgehead atoms. The van der Waals surface area contributed by atoms with Gasteiger partial charge in [0.25, 0.3) is 5.91 Å². The summed E-state index contributed by atoms with van der Waals surface area (Å²) in [5, 5.41) is 3.05. The molecule has 1 saturated heterocycles. The van der Waals surface area contributed by atoms with Gasteiger partial charge in [-0.25, -0.2) is 8.42 Å². The van der Waals surface area contributed by atoms with Crippen LogP contribution in [-0.2, 0) is 14.8 Å². The molecule has 0 saturated carbocycles. The number of Topliss-reactive ketones (excluding diaryl/α,β-unsaturated/α-hetero) is 1. The molecule has 162 valence electrons. The first-order valence-electron chi connectivity index (χ1n) is 10.3. The van der Waals surface area contributed by atoms with Gasteiger partial charge in [-0.3, -0.25) is 9.59 Å². The molecule has 8 heteroatoms. The van der Waals surface area contributed by atoms with Crippen LogP contribution >= 0.6 is 0 Å². The monoisotopic (exact) mass is 424 g/mol. The SMILES string of the molecule is CC(=O)c1ccc(S(=O)(=O)N2CC[NH+](CC(=O)N[C@H](C)CCC(C)C)CC2)cc1. The number of nitrogens with one attached hydrogen (secondary N) is 2. The van der Waals surface area contributed by atoms with Gasteiger partial charge in [-0.2, -0.15) is 4.31 Å². The van der Waals surface area contributed by atoms with E-state index in [1.165, 1.54) is 23.4 Å². The van der Waals surface area contributed by atoms with E-state index < -0.39 is 10.0 Å². The number of rotatable bonds is 9. The second kappa shape index (κ2) is 10.3. The summed E-state index contributed by atoms with van der Waals surface area (Å²) in [7, 11) is -3.58. The van der Waals surface area contributed by atoms with Crippen molar-refractivity contribution in [2.45, 2.75) is 51.5 Å². The van der Waals surface area contributed by atoms with Crippen molar-refractivity contribution < 1.29 is 22.9 Å². The van der Waals surface area contributed by atoms with Crippen molar-refractivity contribution in [3.05, 3.63) is 29.8 Å². The minimum absolute atomic E-state index is 0.0207. The average molecular weight is 425 g/mol. The van der Waals surface area contributed by atoms with Crippen LogP contribution in [0.1, 0.15) is 50.9 Å². The van der Waals surface area contributed by atoms with Crippen molar-refractivity contribution in [1.29, 1.82) is 0 Å². The Bertz CT molecular complexity index is 798. The van der Waals surface area contributed by atoms with Crippen molar-refractivity contribution in [3.63, 3.8) is 0 Å². The molecule has 1 aromatic carbocycles. The Kier molecular flexibility index (Phi) is 8.36. The fraction of sp³-hybridized carbons (Fsp3) is 0.619. The van der Waals surface area contributed by atoms with E-state index in [9.17, 15) is 18.0 Å². The summed E-state index contributed by atoms with van der Waals surface area (Å²) in [4.78, 5) is 24.9. The minimum Gasteiger partial charge on any atom is -0.349 e. The summed E-state index contributed by atoms with van der Waals surface area (Å²) in [6, 6.07) is 6.21. The van der Waals surface area contributed by atoms with Crippen LogP contribution in [0, 0.1) is 5.92 Å². The first-order chi connectivity index (χ1) is 13.6. The van der Waals surface area contributed by atoms with Crippen LogP contribution in [0.3, 0.4) is 0 Å². The predicted molar refractivity (Wildman–Crippen MR) is 112 cm³/mol. The molecule has 2 rings (SSSR count). The maximum Gasteiger partial charge on any atom is 0.275 e. The van der Waals surface area contributed by atoms with Gasteiger partial charge in [-0.1, -0.05) is 26.0 Å². The molecule has 0 unspecified atom stereocenters. The second-order valence-electron chi connectivity index (χ2n) is 8.35. The Morgan fingerprint density at radius 1 is 1.07 bits per heavy atom. The van der Waals surface area contributed by atoms with Crippen LogP contribution in [-0.4, -0.2) is 63.2 Å². The molecule has 1 aromatic rings. The predicted octanol–water partition coefficient (Wildman–Crippen LogP) is 0.719. The summed E-state index contributed by atoms with van der Waals surface area (Å²) in [5.74, 6) is 0.545.